The van der Waals surface area contributed by atoms with E-state index in [0.29, 0.717) is 26.9 Å². The van der Waals surface area contributed by atoms with E-state index < -0.39 is 5.91 Å². The van der Waals surface area contributed by atoms with Crippen molar-refractivity contribution in [3.05, 3.63) is 74.9 Å². The van der Waals surface area contributed by atoms with Crippen molar-refractivity contribution in [1.82, 2.24) is 0 Å². The lowest BCUT2D eigenvalue weighted by Gasteiger charge is -2.12. The van der Waals surface area contributed by atoms with Crippen molar-refractivity contribution in [3.63, 3.8) is 0 Å². The highest BCUT2D eigenvalue weighted by molar-refractivity contribution is 6.36. The number of nitrogens with zero attached hydrogens (tertiary/aromatic N) is 1. The maximum absolute atomic E-state index is 11.6. The number of allylic oxidation sites excluding steroid dienone is 3. The highest BCUT2D eigenvalue weighted by Crippen LogP contribution is 2.34. The molecule has 0 spiro atoms. The second-order valence-corrected chi connectivity index (χ2v) is 8.04. The van der Waals surface area contributed by atoms with Gasteiger partial charge in [0.15, 0.2) is 0 Å². The van der Waals surface area contributed by atoms with Gasteiger partial charge in [-0.05, 0) is 62.1 Å². The summed E-state index contributed by atoms with van der Waals surface area (Å²) >= 11 is 12.8. The number of rotatable bonds is 7. The average molecular weight is 473 g/mol. The maximum Gasteiger partial charge on any atom is 0.310 e. The summed E-state index contributed by atoms with van der Waals surface area (Å²) in [7, 11) is 1.33. The smallest absolute Gasteiger partial charge is 0.310 e. The number of primary amides is 1. The number of carbonyl (C=O) groups is 2. The monoisotopic (exact) mass is 472 g/mol. The Morgan fingerprint density at radius 3 is 2.22 bits per heavy atom. The molecule has 0 heterocycles. The van der Waals surface area contributed by atoms with Crippen molar-refractivity contribution in [3.8, 4) is 11.1 Å². The molecule has 0 aromatic heterocycles. The Kier molecular flexibility index (Phi) is 8.81. The zero-order valence-corrected chi connectivity index (χ0v) is 20.3. The molecular formula is C25H26Cl2N2O3. The van der Waals surface area contributed by atoms with E-state index in [1.165, 1.54) is 7.11 Å². The third-order valence-corrected chi connectivity index (χ3v) is 5.80. The number of methoxy groups -OCH3 is 1. The number of carbonyl (C=O) groups excluding carboxylic acids is 2. The molecule has 0 bridgehead atoms. The largest absolute Gasteiger partial charge is 0.469 e. The molecule has 2 aromatic carbocycles. The standard InChI is InChI=1S/C25H26Cl2N2O3/c1-6-20(16(4)29-15(3)14(2)25(28)31)17-7-9-18(10-8-17)21-13-22(26)19(11-23(21)27)12-24(30)32-5/h6-11,13H,12H2,1-5H3,(H2,28,31)/b15-14+,20-6?,29-16-. The van der Waals surface area contributed by atoms with Crippen molar-refractivity contribution in [2.75, 3.05) is 7.11 Å². The molecule has 1 amide bonds. The van der Waals surface area contributed by atoms with E-state index in [9.17, 15) is 9.59 Å². The molecular weight excluding hydrogens is 447 g/mol. The Bertz CT molecular complexity index is 1130. The third-order valence-electron chi connectivity index (χ3n) is 5.13. The SMILES string of the molecule is CC=C(/C(C)=N\C(C)=C(/C)C(N)=O)c1ccc(-c2cc(Cl)c(CC(=O)OC)cc2Cl)cc1. The minimum atomic E-state index is -0.487. The van der Waals surface area contributed by atoms with Crippen LogP contribution in [0, 0.1) is 0 Å². The molecule has 0 saturated carbocycles. The van der Waals surface area contributed by atoms with Gasteiger partial charge in [-0.15, -0.1) is 0 Å². The molecule has 32 heavy (non-hydrogen) atoms. The summed E-state index contributed by atoms with van der Waals surface area (Å²) in [6, 6.07) is 11.3. The van der Waals surface area contributed by atoms with Crippen molar-refractivity contribution in [1.29, 1.82) is 0 Å². The molecule has 0 fully saturated rings. The summed E-state index contributed by atoms with van der Waals surface area (Å²) in [5.74, 6) is -0.870. The van der Waals surface area contributed by atoms with Gasteiger partial charge in [0.25, 0.3) is 0 Å². The summed E-state index contributed by atoms with van der Waals surface area (Å²) in [6.45, 7) is 7.23. The van der Waals surface area contributed by atoms with Crippen LogP contribution < -0.4 is 5.73 Å². The van der Waals surface area contributed by atoms with Gasteiger partial charge in [0.2, 0.25) is 5.91 Å². The van der Waals surface area contributed by atoms with E-state index in [1.54, 1.807) is 26.0 Å². The fourth-order valence-electron chi connectivity index (χ4n) is 3.16. The second-order valence-electron chi connectivity index (χ2n) is 7.23. The number of hydrogen-bond acceptors (Lipinski definition) is 4. The van der Waals surface area contributed by atoms with Crippen LogP contribution in [0.4, 0.5) is 0 Å². The van der Waals surface area contributed by atoms with Crippen molar-refractivity contribution >= 4 is 46.4 Å². The maximum atomic E-state index is 11.6. The highest BCUT2D eigenvalue weighted by atomic mass is 35.5. The molecule has 2 N–H and O–H groups in total. The van der Waals surface area contributed by atoms with Crippen LogP contribution in [-0.2, 0) is 20.7 Å². The van der Waals surface area contributed by atoms with Gasteiger partial charge in [0.05, 0.1) is 13.5 Å². The van der Waals surface area contributed by atoms with E-state index in [2.05, 4.69) is 4.99 Å². The predicted octanol–water partition coefficient (Wildman–Crippen LogP) is 6.02. The first kappa shape index (κ1) is 25.4. The molecule has 2 rings (SSSR count). The van der Waals surface area contributed by atoms with Crippen molar-refractivity contribution in [2.45, 2.75) is 34.1 Å². The van der Waals surface area contributed by atoms with Gasteiger partial charge in [-0.1, -0.05) is 53.5 Å². The summed E-state index contributed by atoms with van der Waals surface area (Å²) in [4.78, 5) is 27.5. The molecule has 0 aliphatic rings. The highest BCUT2D eigenvalue weighted by Gasteiger charge is 2.13. The number of amides is 1. The van der Waals surface area contributed by atoms with Crippen LogP contribution in [0.3, 0.4) is 0 Å². The fraction of sp³-hybridized carbons (Fsp3) is 0.240. The van der Waals surface area contributed by atoms with Crippen LogP contribution in [0.2, 0.25) is 10.0 Å². The van der Waals surface area contributed by atoms with Gasteiger partial charge >= 0.3 is 5.97 Å². The van der Waals surface area contributed by atoms with Gasteiger partial charge in [0.1, 0.15) is 0 Å². The molecule has 0 radical (unpaired) electrons. The van der Waals surface area contributed by atoms with Crippen LogP contribution in [0.15, 0.2) is 58.7 Å². The van der Waals surface area contributed by atoms with Crippen molar-refractivity contribution in [2.24, 2.45) is 10.7 Å². The van der Waals surface area contributed by atoms with Crippen LogP contribution in [0.1, 0.15) is 38.8 Å². The topological polar surface area (TPSA) is 81.8 Å². The predicted molar refractivity (Wildman–Crippen MR) is 132 cm³/mol. The number of halogens is 2. The Morgan fingerprint density at radius 2 is 1.69 bits per heavy atom. The zero-order chi connectivity index (χ0) is 24.0. The lowest BCUT2D eigenvalue weighted by atomic mass is 9.97. The molecule has 0 unspecified atom stereocenters. The van der Waals surface area contributed by atoms with Gasteiger partial charge in [-0.25, -0.2) is 0 Å². The lowest BCUT2D eigenvalue weighted by Crippen LogP contribution is -2.13. The molecule has 0 saturated heterocycles. The minimum Gasteiger partial charge on any atom is -0.469 e. The number of benzene rings is 2. The lowest BCUT2D eigenvalue weighted by molar-refractivity contribution is -0.139. The van der Waals surface area contributed by atoms with Gasteiger partial charge in [-0.2, -0.15) is 0 Å². The number of esters is 1. The van der Waals surface area contributed by atoms with Crippen LogP contribution in [-0.4, -0.2) is 24.7 Å². The first-order valence-corrected chi connectivity index (χ1v) is 10.7. The minimum absolute atomic E-state index is 0.0562. The molecule has 0 aliphatic heterocycles. The van der Waals surface area contributed by atoms with Gasteiger partial charge in [0, 0.05) is 32.6 Å². The Labute approximate surface area is 198 Å². The summed E-state index contributed by atoms with van der Waals surface area (Å²) in [5, 5.41) is 0.941. The summed E-state index contributed by atoms with van der Waals surface area (Å²) < 4.78 is 4.70. The molecule has 5 nitrogen and oxygen atoms in total. The van der Waals surface area contributed by atoms with Gasteiger partial charge < -0.3 is 10.5 Å². The molecule has 0 atom stereocenters. The first-order valence-electron chi connectivity index (χ1n) is 9.93. The average Bonchev–Trinajstić information content (AvgIpc) is 2.76. The molecule has 0 aliphatic carbocycles. The van der Waals surface area contributed by atoms with Crippen molar-refractivity contribution < 1.29 is 14.3 Å². The number of ether oxygens (including phenoxy) is 1. The molecule has 168 valence electrons. The number of hydrogen-bond donors (Lipinski definition) is 1. The first-order chi connectivity index (χ1) is 15.1. The third kappa shape index (κ3) is 6.09. The fourth-order valence-corrected chi connectivity index (χ4v) is 3.69. The van der Waals surface area contributed by atoms with E-state index in [0.717, 1.165) is 28.0 Å². The summed E-state index contributed by atoms with van der Waals surface area (Å²) in [6.07, 6.45) is 2.02. The second kappa shape index (κ2) is 11.1. The normalized spacial score (nSPS) is 13.0. The zero-order valence-electron chi connectivity index (χ0n) is 18.8. The molecule has 7 heteroatoms. The Hall–Kier alpha value is -2.89. The van der Waals surface area contributed by atoms with Crippen LogP contribution in [0.25, 0.3) is 16.7 Å². The van der Waals surface area contributed by atoms with E-state index >= 15 is 0 Å². The molecule has 2 aromatic rings. The number of nitrogens with two attached hydrogens (primary N) is 1. The van der Waals surface area contributed by atoms with E-state index in [1.807, 2.05) is 44.2 Å². The quantitative estimate of drug-likeness (QED) is 0.303. The number of aliphatic imine (C=N–C) groups is 1. The summed E-state index contributed by atoms with van der Waals surface area (Å²) in [5.41, 5.74) is 11.3. The Balaban J connectivity index is 2.37. The van der Waals surface area contributed by atoms with Crippen LogP contribution >= 0.6 is 23.2 Å². The van der Waals surface area contributed by atoms with Gasteiger partial charge in [-0.3, -0.25) is 14.6 Å². The Morgan fingerprint density at radius 1 is 1.06 bits per heavy atom. The van der Waals surface area contributed by atoms with E-state index in [-0.39, 0.29) is 12.4 Å². The van der Waals surface area contributed by atoms with E-state index in [4.69, 9.17) is 33.7 Å². The van der Waals surface area contributed by atoms with Crippen LogP contribution in [0.5, 0.6) is 0 Å².